The molecule has 25 heavy (non-hydrogen) atoms. The van der Waals surface area contributed by atoms with Gasteiger partial charge in [0.05, 0.1) is 0 Å². The number of unbranched alkanes of at least 4 members (excludes halogenated alkanes) is 2. The van der Waals surface area contributed by atoms with Gasteiger partial charge in [0.25, 0.3) is 0 Å². The van der Waals surface area contributed by atoms with E-state index in [0.29, 0.717) is 0 Å². The second-order valence-electron chi connectivity index (χ2n) is 7.23. The van der Waals surface area contributed by atoms with Gasteiger partial charge in [-0.25, -0.2) is 4.39 Å². The molecule has 0 saturated heterocycles. The molecule has 1 aliphatic carbocycles. The van der Waals surface area contributed by atoms with Crippen LogP contribution in [0, 0.1) is 11.7 Å². The summed E-state index contributed by atoms with van der Waals surface area (Å²) < 4.78 is 53.9. The van der Waals surface area contributed by atoms with E-state index in [9.17, 15) is 17.6 Å². The van der Waals surface area contributed by atoms with E-state index in [4.69, 9.17) is 0 Å². The van der Waals surface area contributed by atoms with E-state index < -0.39 is 17.9 Å². The maximum Gasteiger partial charge on any atom is 0.573 e. The Balaban J connectivity index is 1.74. The van der Waals surface area contributed by atoms with E-state index in [1.54, 1.807) is 6.07 Å². The molecule has 0 heterocycles. The van der Waals surface area contributed by atoms with Gasteiger partial charge in [-0.3, -0.25) is 0 Å². The Bertz CT molecular complexity index is 525. The molecule has 0 aromatic heterocycles. The van der Waals surface area contributed by atoms with Crippen molar-refractivity contribution >= 4 is 9.52 Å². The lowest BCUT2D eigenvalue weighted by Crippen LogP contribution is -2.18. The number of alkyl halides is 3. The third kappa shape index (κ3) is 7.38. The summed E-state index contributed by atoms with van der Waals surface area (Å²) in [6.45, 7) is 2.23. The molecule has 1 aromatic carbocycles. The Morgan fingerprint density at radius 3 is 2.44 bits per heavy atom. The first-order valence-electron chi connectivity index (χ1n) is 9.41. The van der Waals surface area contributed by atoms with Crippen molar-refractivity contribution in [2.24, 2.45) is 5.92 Å². The van der Waals surface area contributed by atoms with Gasteiger partial charge in [0.1, 0.15) is 0 Å². The van der Waals surface area contributed by atoms with Crippen molar-refractivity contribution in [3.8, 4) is 5.75 Å². The molecule has 0 spiro atoms. The van der Waals surface area contributed by atoms with Crippen LogP contribution in [-0.4, -0.2) is 15.9 Å². The smallest absolute Gasteiger partial charge is 0.403 e. The topological polar surface area (TPSA) is 9.23 Å². The lowest BCUT2D eigenvalue weighted by atomic mass is 9.85. The third-order valence-corrected chi connectivity index (χ3v) is 7.74. The normalized spacial score (nSPS) is 21.8. The fourth-order valence-corrected chi connectivity index (χ4v) is 5.87. The molecule has 0 aliphatic heterocycles. The maximum atomic E-state index is 13.7. The van der Waals surface area contributed by atoms with Gasteiger partial charge < -0.3 is 4.74 Å². The molecule has 1 nitrogen and oxygen atoms in total. The highest BCUT2D eigenvalue weighted by atomic mass is 28.2. The highest BCUT2D eigenvalue weighted by Crippen LogP contribution is 2.35. The molecule has 0 atom stereocenters. The van der Waals surface area contributed by atoms with Gasteiger partial charge in [0.15, 0.2) is 11.6 Å². The summed E-state index contributed by atoms with van der Waals surface area (Å²) in [5.41, 5.74) is 1.58. The SMILES string of the molecule is CCCCCC1CCC([SiH2]Cc2ccc(OC(F)(F)F)c(F)c2)CC1. The van der Waals surface area contributed by atoms with E-state index in [0.717, 1.165) is 29.1 Å². The summed E-state index contributed by atoms with van der Waals surface area (Å²) in [6, 6.07) is 4.70. The van der Waals surface area contributed by atoms with Crippen molar-refractivity contribution in [2.75, 3.05) is 0 Å². The quantitative estimate of drug-likeness (QED) is 0.309. The van der Waals surface area contributed by atoms with Crippen LogP contribution in [0.4, 0.5) is 17.6 Å². The molecule has 0 unspecified atom stereocenters. The molecule has 1 aliphatic rings. The molecule has 6 heteroatoms. The highest BCUT2D eigenvalue weighted by molar-refractivity contribution is 6.37. The van der Waals surface area contributed by atoms with Crippen LogP contribution in [-0.2, 0) is 6.04 Å². The van der Waals surface area contributed by atoms with Crippen molar-refractivity contribution in [3.05, 3.63) is 29.6 Å². The van der Waals surface area contributed by atoms with E-state index in [-0.39, 0.29) is 9.52 Å². The predicted molar refractivity (Wildman–Crippen MR) is 95.2 cm³/mol. The zero-order valence-electron chi connectivity index (χ0n) is 14.9. The van der Waals surface area contributed by atoms with Gasteiger partial charge in [-0.05, 0) is 29.7 Å². The van der Waals surface area contributed by atoms with E-state index in [1.807, 2.05) is 0 Å². The van der Waals surface area contributed by atoms with E-state index in [2.05, 4.69) is 11.7 Å². The van der Waals surface area contributed by atoms with Crippen molar-refractivity contribution in [3.63, 3.8) is 0 Å². The minimum atomic E-state index is -4.85. The predicted octanol–water partition coefficient (Wildman–Crippen LogP) is 5.95. The zero-order valence-corrected chi connectivity index (χ0v) is 16.3. The first-order chi connectivity index (χ1) is 11.9. The van der Waals surface area contributed by atoms with Crippen LogP contribution in [0.2, 0.25) is 5.54 Å². The van der Waals surface area contributed by atoms with Crippen molar-refractivity contribution in [2.45, 2.75) is 76.2 Å². The van der Waals surface area contributed by atoms with Gasteiger partial charge >= 0.3 is 6.36 Å². The third-order valence-electron chi connectivity index (χ3n) is 5.25. The van der Waals surface area contributed by atoms with Crippen LogP contribution in [0.3, 0.4) is 0 Å². The summed E-state index contributed by atoms with van der Waals surface area (Å²) in [4.78, 5) is 0. The average Bonchev–Trinajstić information content (AvgIpc) is 2.55. The number of rotatable bonds is 8. The van der Waals surface area contributed by atoms with Gasteiger partial charge in [0.2, 0.25) is 0 Å². The molecular weight excluding hydrogens is 348 g/mol. The fourth-order valence-electron chi connectivity index (χ4n) is 3.77. The lowest BCUT2D eigenvalue weighted by Gasteiger charge is -2.28. The number of benzene rings is 1. The standard InChI is InChI=1S/C19H28F4OSi/c1-2-3-4-5-14-6-9-16(10-7-14)25-13-15-8-11-18(17(20)12-15)24-19(21,22)23/h8,11-12,14,16H,2-7,9-10,13,25H2,1H3. The van der Waals surface area contributed by atoms with Gasteiger partial charge in [0, 0.05) is 9.52 Å². The molecule has 0 N–H and O–H groups in total. The summed E-state index contributed by atoms with van der Waals surface area (Å²) >= 11 is 0. The molecule has 0 radical (unpaired) electrons. The average molecular weight is 377 g/mol. The van der Waals surface area contributed by atoms with Gasteiger partial charge in [-0.1, -0.05) is 69.9 Å². The fraction of sp³-hybridized carbons (Fsp3) is 0.684. The second-order valence-corrected chi connectivity index (χ2v) is 9.47. The first kappa shape index (κ1) is 20.3. The van der Waals surface area contributed by atoms with Crippen LogP contribution < -0.4 is 4.74 Å². The minimum absolute atomic E-state index is 0.371. The van der Waals surface area contributed by atoms with Crippen molar-refractivity contribution in [1.82, 2.24) is 0 Å². The van der Waals surface area contributed by atoms with E-state index >= 15 is 0 Å². The van der Waals surface area contributed by atoms with Crippen molar-refractivity contribution in [1.29, 1.82) is 0 Å². The van der Waals surface area contributed by atoms with Crippen LogP contribution >= 0.6 is 0 Å². The van der Waals surface area contributed by atoms with Gasteiger partial charge in [-0.2, -0.15) is 0 Å². The van der Waals surface area contributed by atoms with Crippen molar-refractivity contribution < 1.29 is 22.3 Å². The van der Waals surface area contributed by atoms with Crippen LogP contribution in [0.15, 0.2) is 18.2 Å². The van der Waals surface area contributed by atoms with Gasteiger partial charge in [-0.15, -0.1) is 13.2 Å². The Morgan fingerprint density at radius 1 is 1.12 bits per heavy atom. The van der Waals surface area contributed by atoms with Crippen LogP contribution in [0.25, 0.3) is 0 Å². The number of hydrogen-bond acceptors (Lipinski definition) is 1. The molecule has 0 bridgehead atoms. The van der Waals surface area contributed by atoms with Crippen LogP contribution in [0.5, 0.6) is 5.75 Å². The molecule has 0 amide bonds. The Labute approximate surface area is 150 Å². The number of ether oxygens (including phenoxy) is 1. The molecule has 2 rings (SSSR count). The molecule has 1 saturated carbocycles. The first-order valence-corrected chi connectivity index (χ1v) is 11.2. The second kappa shape index (κ2) is 9.60. The summed E-state index contributed by atoms with van der Waals surface area (Å²) in [7, 11) is -0.371. The molecular formula is C19H28F4OSi. The molecule has 142 valence electrons. The zero-order chi connectivity index (χ0) is 18.3. The highest BCUT2D eigenvalue weighted by Gasteiger charge is 2.32. The summed E-state index contributed by atoms with van der Waals surface area (Å²) in [5, 5.41) is 0. The largest absolute Gasteiger partial charge is 0.573 e. The van der Waals surface area contributed by atoms with Crippen LogP contribution in [0.1, 0.15) is 63.9 Å². The number of hydrogen-bond donors (Lipinski definition) is 0. The Morgan fingerprint density at radius 2 is 1.84 bits per heavy atom. The summed E-state index contributed by atoms with van der Waals surface area (Å²) in [6.07, 6.45) is 5.62. The van der Waals surface area contributed by atoms with E-state index in [1.165, 1.54) is 57.4 Å². The lowest BCUT2D eigenvalue weighted by molar-refractivity contribution is -0.275. The summed E-state index contributed by atoms with van der Waals surface area (Å²) in [5.74, 6) is -0.790. The monoisotopic (exact) mass is 376 g/mol. The molecule has 1 fully saturated rings. The Hall–Kier alpha value is -1.04. The maximum absolute atomic E-state index is 13.7. The minimum Gasteiger partial charge on any atom is -0.403 e. The molecule has 1 aromatic rings. The number of halogens is 4. The Kier molecular flexibility index (Phi) is 7.78.